The predicted molar refractivity (Wildman–Crippen MR) is 72.0 cm³/mol. The van der Waals surface area contributed by atoms with Gasteiger partial charge in [-0.15, -0.1) is 0 Å². The molecule has 0 saturated carbocycles. The van der Waals surface area contributed by atoms with E-state index in [9.17, 15) is 4.79 Å². The molecule has 0 spiro atoms. The maximum atomic E-state index is 11.1. The van der Waals surface area contributed by atoms with Crippen LogP contribution in [0, 0.1) is 5.92 Å². The second-order valence-corrected chi connectivity index (χ2v) is 5.01. The molecule has 0 aliphatic carbocycles. The van der Waals surface area contributed by atoms with E-state index in [0.717, 1.165) is 37.4 Å². The lowest BCUT2D eigenvalue weighted by Crippen LogP contribution is -2.31. The molecule has 4 nitrogen and oxygen atoms in total. The van der Waals surface area contributed by atoms with Gasteiger partial charge in [-0.2, -0.15) is 0 Å². The average molecular weight is 259 g/mol. The summed E-state index contributed by atoms with van der Waals surface area (Å²) in [6.45, 7) is 1.62. The summed E-state index contributed by atoms with van der Waals surface area (Å²) in [4.78, 5) is 11.1. The Labute approximate surface area is 112 Å². The second kappa shape index (κ2) is 5.05. The number of fused-ring (bicyclic) bond motifs is 1. The standard InChI is InChI=1S/C15H17NO3/c16-15(17)12-2-4-14-11(9-12)1-3-13(19-14)10-5-7-18-8-6-10/h1-4,9-10,13H,5-8H2,(H2,16,17). The lowest BCUT2D eigenvalue weighted by atomic mass is 9.91. The van der Waals surface area contributed by atoms with E-state index in [1.165, 1.54) is 0 Å². The van der Waals surface area contributed by atoms with Crippen LogP contribution in [0.15, 0.2) is 24.3 Å². The van der Waals surface area contributed by atoms with Crippen LogP contribution in [0.4, 0.5) is 0 Å². The van der Waals surface area contributed by atoms with Crippen LogP contribution in [0.5, 0.6) is 5.75 Å². The molecule has 4 heteroatoms. The average Bonchev–Trinajstić information content (AvgIpc) is 2.47. The highest BCUT2D eigenvalue weighted by atomic mass is 16.5. The number of primary amides is 1. The zero-order valence-corrected chi connectivity index (χ0v) is 10.7. The summed E-state index contributed by atoms with van der Waals surface area (Å²) >= 11 is 0. The summed E-state index contributed by atoms with van der Waals surface area (Å²) in [5.74, 6) is 0.917. The van der Waals surface area contributed by atoms with Crippen LogP contribution >= 0.6 is 0 Å². The van der Waals surface area contributed by atoms with E-state index in [1.807, 2.05) is 12.1 Å². The minimum atomic E-state index is -0.414. The molecule has 1 aromatic rings. The van der Waals surface area contributed by atoms with Gasteiger partial charge in [-0.1, -0.05) is 6.08 Å². The minimum Gasteiger partial charge on any atom is -0.485 e. The molecule has 1 unspecified atom stereocenters. The molecular formula is C15H17NO3. The molecule has 2 aliphatic rings. The van der Waals surface area contributed by atoms with Gasteiger partial charge in [-0.3, -0.25) is 4.79 Å². The highest BCUT2D eigenvalue weighted by molar-refractivity contribution is 5.93. The zero-order chi connectivity index (χ0) is 13.2. The van der Waals surface area contributed by atoms with Gasteiger partial charge in [0.2, 0.25) is 5.91 Å². The van der Waals surface area contributed by atoms with Crippen molar-refractivity contribution >= 4 is 12.0 Å². The first kappa shape index (κ1) is 12.2. The van der Waals surface area contributed by atoms with Crippen molar-refractivity contribution in [3.8, 4) is 5.75 Å². The van der Waals surface area contributed by atoms with Crippen LogP contribution in [-0.2, 0) is 4.74 Å². The molecule has 1 aromatic carbocycles. The van der Waals surface area contributed by atoms with Gasteiger partial charge >= 0.3 is 0 Å². The van der Waals surface area contributed by atoms with Crippen molar-refractivity contribution in [3.63, 3.8) is 0 Å². The third-order valence-corrected chi connectivity index (χ3v) is 3.75. The van der Waals surface area contributed by atoms with Gasteiger partial charge in [-0.25, -0.2) is 0 Å². The fourth-order valence-electron chi connectivity index (χ4n) is 2.62. The van der Waals surface area contributed by atoms with E-state index in [-0.39, 0.29) is 6.10 Å². The summed E-state index contributed by atoms with van der Waals surface area (Å²) in [6.07, 6.45) is 6.26. The molecule has 2 aliphatic heterocycles. The van der Waals surface area contributed by atoms with E-state index < -0.39 is 5.91 Å². The normalized spacial score (nSPS) is 22.6. The van der Waals surface area contributed by atoms with Crippen molar-refractivity contribution in [1.82, 2.24) is 0 Å². The molecule has 2 N–H and O–H groups in total. The van der Waals surface area contributed by atoms with Gasteiger partial charge in [0.1, 0.15) is 11.9 Å². The monoisotopic (exact) mass is 259 g/mol. The minimum absolute atomic E-state index is 0.107. The van der Waals surface area contributed by atoms with Gasteiger partial charge < -0.3 is 15.2 Å². The number of ether oxygens (including phenoxy) is 2. The topological polar surface area (TPSA) is 61.6 Å². The smallest absolute Gasteiger partial charge is 0.248 e. The lowest BCUT2D eigenvalue weighted by molar-refractivity contribution is 0.0315. The molecular weight excluding hydrogens is 242 g/mol. The molecule has 1 amide bonds. The number of nitrogens with two attached hydrogens (primary N) is 1. The molecule has 1 atom stereocenters. The third kappa shape index (κ3) is 2.49. The van der Waals surface area contributed by atoms with Gasteiger partial charge in [0, 0.05) is 30.3 Å². The third-order valence-electron chi connectivity index (χ3n) is 3.75. The van der Waals surface area contributed by atoms with Crippen molar-refractivity contribution in [3.05, 3.63) is 35.4 Å². The molecule has 0 radical (unpaired) electrons. The Hall–Kier alpha value is -1.81. The van der Waals surface area contributed by atoms with Crippen LogP contribution in [0.2, 0.25) is 0 Å². The Morgan fingerprint density at radius 1 is 1.26 bits per heavy atom. The van der Waals surface area contributed by atoms with Crippen molar-refractivity contribution in [1.29, 1.82) is 0 Å². The molecule has 100 valence electrons. The largest absolute Gasteiger partial charge is 0.485 e. The maximum absolute atomic E-state index is 11.1. The summed E-state index contributed by atoms with van der Waals surface area (Å²) < 4.78 is 11.4. The lowest BCUT2D eigenvalue weighted by Gasteiger charge is -2.31. The number of amides is 1. The van der Waals surface area contributed by atoms with Crippen LogP contribution in [-0.4, -0.2) is 25.2 Å². The van der Waals surface area contributed by atoms with Crippen LogP contribution in [0.3, 0.4) is 0 Å². The van der Waals surface area contributed by atoms with Crippen molar-refractivity contribution < 1.29 is 14.3 Å². The van der Waals surface area contributed by atoms with Gasteiger partial charge in [0.25, 0.3) is 0 Å². The number of rotatable bonds is 2. The first-order chi connectivity index (χ1) is 9.24. The number of hydrogen-bond acceptors (Lipinski definition) is 3. The first-order valence-electron chi connectivity index (χ1n) is 6.60. The van der Waals surface area contributed by atoms with Crippen molar-refractivity contribution in [2.45, 2.75) is 18.9 Å². The summed E-state index contributed by atoms with van der Waals surface area (Å²) in [5, 5.41) is 0. The van der Waals surface area contributed by atoms with Crippen LogP contribution < -0.4 is 10.5 Å². The van der Waals surface area contributed by atoms with Gasteiger partial charge in [0.05, 0.1) is 0 Å². The highest BCUT2D eigenvalue weighted by Gasteiger charge is 2.26. The zero-order valence-electron chi connectivity index (χ0n) is 10.7. The summed E-state index contributed by atoms with van der Waals surface area (Å²) in [7, 11) is 0. The van der Waals surface area contributed by atoms with E-state index in [0.29, 0.717) is 11.5 Å². The molecule has 19 heavy (non-hydrogen) atoms. The first-order valence-corrected chi connectivity index (χ1v) is 6.60. The van der Waals surface area contributed by atoms with E-state index in [4.69, 9.17) is 15.2 Å². The Morgan fingerprint density at radius 3 is 2.79 bits per heavy atom. The van der Waals surface area contributed by atoms with Crippen molar-refractivity contribution in [2.24, 2.45) is 11.7 Å². The summed E-state index contributed by atoms with van der Waals surface area (Å²) in [6, 6.07) is 5.31. The quantitative estimate of drug-likeness (QED) is 0.883. The van der Waals surface area contributed by atoms with Gasteiger partial charge in [-0.05, 0) is 37.1 Å². The molecule has 1 fully saturated rings. The van der Waals surface area contributed by atoms with Crippen LogP contribution in [0.25, 0.3) is 6.08 Å². The number of carbonyl (C=O) groups is 1. The number of carbonyl (C=O) groups excluding carboxylic acids is 1. The van der Waals surface area contributed by atoms with Crippen molar-refractivity contribution in [2.75, 3.05) is 13.2 Å². The Balaban J connectivity index is 1.79. The SMILES string of the molecule is NC(=O)c1ccc2c(c1)C=CC(C1CCOCC1)O2. The summed E-state index contributed by atoms with van der Waals surface area (Å²) in [5.41, 5.74) is 6.70. The fraction of sp³-hybridized carbons (Fsp3) is 0.400. The van der Waals surface area contributed by atoms with E-state index >= 15 is 0 Å². The number of benzene rings is 1. The van der Waals surface area contributed by atoms with E-state index in [2.05, 4.69) is 6.08 Å². The molecule has 0 bridgehead atoms. The molecule has 1 saturated heterocycles. The molecule has 0 aromatic heterocycles. The van der Waals surface area contributed by atoms with E-state index in [1.54, 1.807) is 12.1 Å². The molecule has 2 heterocycles. The second-order valence-electron chi connectivity index (χ2n) is 5.01. The highest BCUT2D eigenvalue weighted by Crippen LogP contribution is 2.32. The maximum Gasteiger partial charge on any atom is 0.248 e. The van der Waals surface area contributed by atoms with Gasteiger partial charge in [0.15, 0.2) is 0 Å². The predicted octanol–water partition coefficient (Wildman–Crippen LogP) is 1.99. The Kier molecular flexibility index (Phi) is 3.25. The molecule has 3 rings (SSSR count). The fourth-order valence-corrected chi connectivity index (χ4v) is 2.62. The Morgan fingerprint density at radius 2 is 2.05 bits per heavy atom. The number of hydrogen-bond donors (Lipinski definition) is 1. The van der Waals surface area contributed by atoms with Crippen LogP contribution in [0.1, 0.15) is 28.8 Å². The Bertz CT molecular complexity index is 518.